The van der Waals surface area contributed by atoms with E-state index in [0.717, 1.165) is 16.9 Å². The van der Waals surface area contributed by atoms with Crippen LogP contribution in [-0.2, 0) is 13.2 Å². The van der Waals surface area contributed by atoms with E-state index in [0.29, 0.717) is 13.2 Å². The second-order valence-corrected chi connectivity index (χ2v) is 4.72. The highest BCUT2D eigenvalue weighted by molar-refractivity contribution is 5.33. The Hall–Kier alpha value is -1.91. The molecule has 4 heteroatoms. The molecule has 0 radical (unpaired) electrons. The fourth-order valence-corrected chi connectivity index (χ4v) is 1.78. The highest BCUT2D eigenvalue weighted by Gasteiger charge is 2.05. The molecule has 1 aromatic carbocycles. The van der Waals surface area contributed by atoms with E-state index in [1.807, 2.05) is 43.3 Å². The molecular weight excluding hydrogens is 252 g/mol. The Morgan fingerprint density at radius 2 is 2.10 bits per heavy atom. The van der Waals surface area contributed by atoms with Gasteiger partial charge in [-0.15, -0.1) is 0 Å². The van der Waals surface area contributed by atoms with E-state index in [2.05, 4.69) is 10.3 Å². The number of aromatic nitrogens is 1. The number of aliphatic hydroxyl groups excluding tert-OH is 1. The number of pyridine rings is 1. The lowest BCUT2D eigenvalue weighted by molar-refractivity contribution is 0.249. The molecule has 2 aromatic rings. The van der Waals surface area contributed by atoms with Gasteiger partial charge in [-0.05, 0) is 19.1 Å². The zero-order valence-electron chi connectivity index (χ0n) is 11.6. The maximum atomic E-state index is 9.03. The molecule has 0 aliphatic carbocycles. The lowest BCUT2D eigenvalue weighted by Gasteiger charge is -2.14. The number of benzene rings is 1. The quantitative estimate of drug-likeness (QED) is 0.810. The topological polar surface area (TPSA) is 54.4 Å². The first-order valence-corrected chi connectivity index (χ1v) is 6.73. The zero-order chi connectivity index (χ0) is 14.2. The van der Waals surface area contributed by atoms with Crippen LogP contribution in [0.4, 0.5) is 0 Å². The number of nitrogens with zero attached hydrogens (tertiary/aromatic N) is 1. The molecule has 1 heterocycles. The van der Waals surface area contributed by atoms with Gasteiger partial charge in [0.05, 0.1) is 6.61 Å². The Morgan fingerprint density at radius 3 is 2.85 bits per heavy atom. The minimum absolute atomic E-state index is 0.0707. The van der Waals surface area contributed by atoms with Crippen molar-refractivity contribution in [2.75, 3.05) is 6.61 Å². The van der Waals surface area contributed by atoms with Gasteiger partial charge in [-0.25, -0.2) is 0 Å². The third-order valence-electron chi connectivity index (χ3n) is 3.00. The molecule has 0 saturated heterocycles. The summed E-state index contributed by atoms with van der Waals surface area (Å²) in [6.07, 6.45) is 3.55. The van der Waals surface area contributed by atoms with E-state index < -0.39 is 0 Å². The van der Waals surface area contributed by atoms with Gasteiger partial charge in [0, 0.05) is 36.1 Å². The first-order chi connectivity index (χ1) is 9.79. The van der Waals surface area contributed by atoms with Gasteiger partial charge in [0.1, 0.15) is 12.4 Å². The fourth-order valence-electron chi connectivity index (χ4n) is 1.78. The molecule has 0 fully saturated rings. The van der Waals surface area contributed by atoms with Crippen LogP contribution in [0, 0.1) is 0 Å². The van der Waals surface area contributed by atoms with E-state index in [1.165, 1.54) is 0 Å². The highest BCUT2D eigenvalue weighted by atomic mass is 16.5. The smallest absolute Gasteiger partial charge is 0.124 e. The maximum absolute atomic E-state index is 9.03. The molecule has 0 aliphatic heterocycles. The average molecular weight is 272 g/mol. The molecule has 0 aliphatic rings. The van der Waals surface area contributed by atoms with Crippen LogP contribution in [0.2, 0.25) is 0 Å². The van der Waals surface area contributed by atoms with Crippen molar-refractivity contribution in [1.82, 2.24) is 10.3 Å². The van der Waals surface area contributed by atoms with Crippen molar-refractivity contribution in [3.05, 3.63) is 59.9 Å². The van der Waals surface area contributed by atoms with Crippen LogP contribution in [0.5, 0.6) is 5.75 Å². The normalized spacial score (nSPS) is 12.1. The first-order valence-electron chi connectivity index (χ1n) is 6.73. The van der Waals surface area contributed by atoms with Crippen LogP contribution in [0.3, 0.4) is 0 Å². The summed E-state index contributed by atoms with van der Waals surface area (Å²) in [4.78, 5) is 4.07. The lowest BCUT2D eigenvalue weighted by Crippen LogP contribution is -2.28. The summed E-state index contributed by atoms with van der Waals surface area (Å²) < 4.78 is 5.85. The Kier molecular flexibility index (Phi) is 5.53. The number of para-hydroxylation sites is 1. The van der Waals surface area contributed by atoms with Gasteiger partial charge in [-0.1, -0.05) is 24.3 Å². The Balaban J connectivity index is 1.97. The van der Waals surface area contributed by atoms with E-state index in [4.69, 9.17) is 9.84 Å². The summed E-state index contributed by atoms with van der Waals surface area (Å²) in [5.74, 6) is 0.856. The van der Waals surface area contributed by atoms with Crippen LogP contribution >= 0.6 is 0 Å². The number of rotatable bonds is 7. The van der Waals surface area contributed by atoms with Crippen molar-refractivity contribution in [3.8, 4) is 5.75 Å². The monoisotopic (exact) mass is 272 g/mol. The van der Waals surface area contributed by atoms with Crippen molar-refractivity contribution < 1.29 is 9.84 Å². The van der Waals surface area contributed by atoms with E-state index in [9.17, 15) is 0 Å². The van der Waals surface area contributed by atoms with Crippen LogP contribution in [-0.4, -0.2) is 22.7 Å². The van der Waals surface area contributed by atoms with Crippen molar-refractivity contribution >= 4 is 0 Å². The Labute approximate surface area is 119 Å². The molecule has 0 spiro atoms. The minimum atomic E-state index is 0.0707. The number of aliphatic hydroxyl groups is 1. The van der Waals surface area contributed by atoms with Gasteiger partial charge in [-0.3, -0.25) is 4.98 Å². The van der Waals surface area contributed by atoms with Crippen LogP contribution in [0.1, 0.15) is 18.1 Å². The summed E-state index contributed by atoms with van der Waals surface area (Å²) in [7, 11) is 0. The van der Waals surface area contributed by atoms with Gasteiger partial charge in [0.15, 0.2) is 0 Å². The Morgan fingerprint density at radius 1 is 1.25 bits per heavy atom. The third kappa shape index (κ3) is 4.33. The van der Waals surface area contributed by atoms with E-state index in [-0.39, 0.29) is 12.6 Å². The molecule has 2 rings (SSSR count). The molecule has 1 aromatic heterocycles. The molecule has 0 saturated carbocycles. The predicted octanol–water partition coefficient (Wildman–Crippen LogP) is 2.13. The number of nitrogens with one attached hydrogen (secondary N) is 1. The van der Waals surface area contributed by atoms with Gasteiger partial charge < -0.3 is 15.2 Å². The second-order valence-electron chi connectivity index (χ2n) is 4.72. The van der Waals surface area contributed by atoms with Crippen molar-refractivity contribution in [2.24, 2.45) is 0 Å². The predicted molar refractivity (Wildman–Crippen MR) is 78.4 cm³/mol. The van der Waals surface area contributed by atoms with Gasteiger partial charge in [0.25, 0.3) is 0 Å². The van der Waals surface area contributed by atoms with Crippen LogP contribution < -0.4 is 10.1 Å². The molecule has 1 unspecified atom stereocenters. The van der Waals surface area contributed by atoms with Gasteiger partial charge >= 0.3 is 0 Å². The van der Waals surface area contributed by atoms with Crippen molar-refractivity contribution in [3.63, 3.8) is 0 Å². The fraction of sp³-hybridized carbons (Fsp3) is 0.312. The lowest BCUT2D eigenvalue weighted by atomic mass is 10.2. The highest BCUT2D eigenvalue weighted by Crippen LogP contribution is 2.19. The molecule has 0 amide bonds. The number of ether oxygens (including phenoxy) is 1. The third-order valence-corrected chi connectivity index (χ3v) is 3.00. The summed E-state index contributed by atoms with van der Waals surface area (Å²) >= 11 is 0. The SMILES string of the molecule is CC(CO)NCc1ccccc1OCc1cccnc1. The summed E-state index contributed by atoms with van der Waals surface area (Å²) in [5, 5.41) is 12.3. The maximum Gasteiger partial charge on any atom is 0.124 e. The summed E-state index contributed by atoms with van der Waals surface area (Å²) in [6.45, 7) is 3.24. The largest absolute Gasteiger partial charge is 0.489 e. The van der Waals surface area contributed by atoms with Crippen molar-refractivity contribution in [2.45, 2.75) is 26.1 Å². The van der Waals surface area contributed by atoms with E-state index >= 15 is 0 Å². The van der Waals surface area contributed by atoms with E-state index in [1.54, 1.807) is 12.4 Å². The number of hydrogen-bond acceptors (Lipinski definition) is 4. The zero-order valence-corrected chi connectivity index (χ0v) is 11.6. The first kappa shape index (κ1) is 14.5. The minimum Gasteiger partial charge on any atom is -0.489 e. The average Bonchev–Trinajstić information content (AvgIpc) is 2.52. The molecule has 4 nitrogen and oxygen atoms in total. The number of hydrogen-bond donors (Lipinski definition) is 2. The van der Waals surface area contributed by atoms with Crippen LogP contribution in [0.25, 0.3) is 0 Å². The molecule has 1 atom stereocenters. The van der Waals surface area contributed by atoms with Crippen LogP contribution in [0.15, 0.2) is 48.8 Å². The molecule has 0 bridgehead atoms. The van der Waals surface area contributed by atoms with Gasteiger partial charge in [0.2, 0.25) is 0 Å². The standard InChI is InChI=1S/C16H20N2O2/c1-13(11-19)18-10-15-6-2-3-7-16(15)20-12-14-5-4-8-17-9-14/h2-9,13,18-19H,10-12H2,1H3. The van der Waals surface area contributed by atoms with Crippen molar-refractivity contribution in [1.29, 1.82) is 0 Å². The molecular formula is C16H20N2O2. The Bertz CT molecular complexity index is 517. The second kappa shape index (κ2) is 7.62. The molecule has 106 valence electrons. The summed E-state index contributed by atoms with van der Waals surface area (Å²) in [5.41, 5.74) is 2.12. The summed E-state index contributed by atoms with van der Waals surface area (Å²) in [6, 6.07) is 11.9. The van der Waals surface area contributed by atoms with Gasteiger partial charge in [-0.2, -0.15) is 0 Å². The molecule has 20 heavy (non-hydrogen) atoms. The molecule has 2 N–H and O–H groups in total.